The highest BCUT2D eigenvalue weighted by atomic mass is 19.3. The average molecular weight is 367 g/mol. The molecular weight excluding hydrogens is 340 g/mol. The Morgan fingerprint density at radius 1 is 1.38 bits per heavy atom. The van der Waals surface area contributed by atoms with Crippen LogP contribution in [0.2, 0.25) is 0 Å². The Hall–Kier alpha value is -1.76. The van der Waals surface area contributed by atoms with Crippen molar-refractivity contribution in [1.82, 2.24) is 9.88 Å². The quantitative estimate of drug-likeness (QED) is 0.691. The molecule has 2 aliphatic rings. The Morgan fingerprint density at radius 2 is 2.23 bits per heavy atom. The lowest BCUT2D eigenvalue weighted by atomic mass is 9.95. The summed E-state index contributed by atoms with van der Waals surface area (Å²) in [5, 5.41) is 12.1. The SMILES string of the molecule is O=C(O)CN1CC[C@@H](C(F)(F)CCCCc2ccc3c(n2)NCCC3)C1. The fourth-order valence-corrected chi connectivity index (χ4v) is 3.89. The minimum Gasteiger partial charge on any atom is -0.480 e. The molecule has 7 heteroatoms. The molecule has 0 radical (unpaired) electrons. The third kappa shape index (κ3) is 4.90. The highest BCUT2D eigenvalue weighted by Gasteiger charge is 2.42. The molecule has 3 rings (SSSR count). The van der Waals surface area contributed by atoms with Crippen molar-refractivity contribution in [2.75, 3.05) is 31.5 Å². The molecule has 3 heterocycles. The smallest absolute Gasteiger partial charge is 0.317 e. The number of aliphatic carboxylic acids is 1. The molecule has 26 heavy (non-hydrogen) atoms. The summed E-state index contributed by atoms with van der Waals surface area (Å²) in [6, 6.07) is 4.10. The van der Waals surface area contributed by atoms with Gasteiger partial charge in [0.25, 0.3) is 5.92 Å². The van der Waals surface area contributed by atoms with E-state index in [1.807, 2.05) is 6.07 Å². The van der Waals surface area contributed by atoms with E-state index in [9.17, 15) is 13.6 Å². The summed E-state index contributed by atoms with van der Waals surface area (Å²) >= 11 is 0. The van der Waals surface area contributed by atoms with Crippen molar-refractivity contribution in [1.29, 1.82) is 0 Å². The Balaban J connectivity index is 1.42. The Kier molecular flexibility index (Phi) is 6.06. The van der Waals surface area contributed by atoms with Gasteiger partial charge < -0.3 is 10.4 Å². The third-order valence-electron chi connectivity index (χ3n) is 5.37. The van der Waals surface area contributed by atoms with Gasteiger partial charge in [-0.1, -0.05) is 6.07 Å². The molecule has 2 N–H and O–H groups in total. The number of carbonyl (C=O) groups is 1. The maximum Gasteiger partial charge on any atom is 0.317 e. The van der Waals surface area contributed by atoms with Gasteiger partial charge in [0.15, 0.2) is 0 Å². The van der Waals surface area contributed by atoms with Crippen LogP contribution in [0.4, 0.5) is 14.6 Å². The fourth-order valence-electron chi connectivity index (χ4n) is 3.89. The highest BCUT2D eigenvalue weighted by molar-refractivity contribution is 5.69. The Bertz CT molecular complexity index is 639. The number of carboxylic acid groups (broad SMARTS) is 1. The number of aromatic nitrogens is 1. The van der Waals surface area contributed by atoms with Crippen LogP contribution >= 0.6 is 0 Å². The van der Waals surface area contributed by atoms with Crippen molar-refractivity contribution in [3.05, 3.63) is 23.4 Å². The molecule has 1 saturated heterocycles. The second kappa shape index (κ2) is 8.29. The van der Waals surface area contributed by atoms with Crippen molar-refractivity contribution >= 4 is 11.8 Å². The molecule has 1 aromatic rings. The van der Waals surface area contributed by atoms with Gasteiger partial charge in [0.2, 0.25) is 0 Å². The zero-order valence-electron chi connectivity index (χ0n) is 15.0. The molecule has 144 valence electrons. The second-order valence-electron chi connectivity index (χ2n) is 7.42. The normalized spacial score (nSPS) is 20.6. The highest BCUT2D eigenvalue weighted by Crippen LogP contribution is 2.36. The molecule has 0 amide bonds. The van der Waals surface area contributed by atoms with E-state index in [0.717, 1.165) is 30.9 Å². The van der Waals surface area contributed by atoms with E-state index in [0.29, 0.717) is 32.2 Å². The van der Waals surface area contributed by atoms with Gasteiger partial charge in [-0.2, -0.15) is 0 Å². The topological polar surface area (TPSA) is 65.5 Å². The van der Waals surface area contributed by atoms with Crippen molar-refractivity contribution in [3.8, 4) is 0 Å². The lowest BCUT2D eigenvalue weighted by Gasteiger charge is -2.23. The van der Waals surface area contributed by atoms with Crippen LogP contribution < -0.4 is 5.32 Å². The molecule has 1 fully saturated rings. The van der Waals surface area contributed by atoms with Crippen LogP contribution in [0.15, 0.2) is 12.1 Å². The second-order valence-corrected chi connectivity index (χ2v) is 7.42. The largest absolute Gasteiger partial charge is 0.480 e. The van der Waals surface area contributed by atoms with Gasteiger partial charge in [-0.3, -0.25) is 9.69 Å². The average Bonchev–Trinajstić information content (AvgIpc) is 3.07. The van der Waals surface area contributed by atoms with Gasteiger partial charge in [-0.15, -0.1) is 0 Å². The first-order valence-electron chi connectivity index (χ1n) is 9.49. The number of fused-ring (bicyclic) bond motifs is 1. The van der Waals surface area contributed by atoms with Gasteiger partial charge in [0.1, 0.15) is 5.82 Å². The predicted molar refractivity (Wildman–Crippen MR) is 95.7 cm³/mol. The monoisotopic (exact) mass is 367 g/mol. The van der Waals surface area contributed by atoms with E-state index < -0.39 is 17.8 Å². The predicted octanol–water partition coefficient (Wildman–Crippen LogP) is 3.19. The van der Waals surface area contributed by atoms with E-state index in [-0.39, 0.29) is 19.5 Å². The third-order valence-corrected chi connectivity index (χ3v) is 5.37. The summed E-state index contributed by atoms with van der Waals surface area (Å²) in [6.45, 7) is 1.41. The number of anilines is 1. The fraction of sp³-hybridized carbons (Fsp3) is 0.684. The first kappa shape index (κ1) is 19.0. The maximum atomic E-state index is 14.4. The molecule has 0 bridgehead atoms. The number of hydrogen-bond acceptors (Lipinski definition) is 4. The minimum atomic E-state index is -2.72. The molecule has 1 aromatic heterocycles. The summed E-state index contributed by atoms with van der Waals surface area (Å²) in [5.41, 5.74) is 2.19. The van der Waals surface area contributed by atoms with Crippen molar-refractivity contribution < 1.29 is 18.7 Å². The molecule has 2 aliphatic heterocycles. The number of alkyl halides is 2. The molecule has 0 unspecified atom stereocenters. The molecule has 0 aliphatic carbocycles. The summed E-state index contributed by atoms with van der Waals surface area (Å²) < 4.78 is 28.8. The zero-order valence-corrected chi connectivity index (χ0v) is 15.0. The van der Waals surface area contributed by atoms with Gasteiger partial charge in [-0.05, 0) is 56.7 Å². The number of nitrogens with zero attached hydrogens (tertiary/aromatic N) is 2. The van der Waals surface area contributed by atoms with Gasteiger partial charge >= 0.3 is 5.97 Å². The van der Waals surface area contributed by atoms with E-state index >= 15 is 0 Å². The van der Waals surface area contributed by atoms with Crippen LogP contribution in [0, 0.1) is 5.92 Å². The van der Waals surface area contributed by atoms with Crippen LogP contribution in [0.5, 0.6) is 0 Å². The standard InChI is InChI=1S/C19H27F2N3O2/c20-19(21,15-8-11-24(12-15)13-17(25)26)9-2-1-5-16-7-6-14-4-3-10-22-18(14)23-16/h6-7,15H,1-5,8-13H2,(H,22,23)(H,25,26)/t15-/m1/s1. The van der Waals surface area contributed by atoms with Crippen molar-refractivity contribution in [2.45, 2.75) is 50.9 Å². The van der Waals surface area contributed by atoms with Gasteiger partial charge in [0.05, 0.1) is 6.54 Å². The summed E-state index contributed by atoms with van der Waals surface area (Å²) in [4.78, 5) is 16.9. The number of pyridine rings is 1. The van der Waals surface area contributed by atoms with Crippen LogP contribution in [0.3, 0.4) is 0 Å². The van der Waals surface area contributed by atoms with Crippen molar-refractivity contribution in [2.24, 2.45) is 5.92 Å². The molecular formula is C19H27F2N3O2. The van der Waals surface area contributed by atoms with Gasteiger partial charge in [-0.25, -0.2) is 13.8 Å². The van der Waals surface area contributed by atoms with E-state index in [1.165, 1.54) is 5.56 Å². The van der Waals surface area contributed by atoms with Crippen LogP contribution in [0.1, 0.15) is 43.4 Å². The maximum absolute atomic E-state index is 14.4. The molecule has 5 nitrogen and oxygen atoms in total. The first-order valence-corrected chi connectivity index (χ1v) is 9.49. The van der Waals surface area contributed by atoms with E-state index in [4.69, 9.17) is 5.11 Å². The summed E-state index contributed by atoms with van der Waals surface area (Å²) in [6.07, 6.45) is 4.25. The molecule has 1 atom stereocenters. The number of carboxylic acids is 1. The Labute approximate surface area is 152 Å². The Morgan fingerprint density at radius 3 is 3.04 bits per heavy atom. The number of hydrogen-bond donors (Lipinski definition) is 2. The number of rotatable bonds is 8. The van der Waals surface area contributed by atoms with Crippen LogP contribution in [0.25, 0.3) is 0 Å². The number of halogens is 2. The number of aryl methyl sites for hydroxylation is 2. The van der Waals surface area contributed by atoms with Crippen LogP contribution in [-0.2, 0) is 17.6 Å². The zero-order chi connectivity index (χ0) is 18.6. The summed E-state index contributed by atoms with van der Waals surface area (Å²) in [5.74, 6) is -3.46. The number of likely N-dealkylation sites (tertiary alicyclic amines) is 1. The first-order chi connectivity index (χ1) is 12.4. The lowest BCUT2D eigenvalue weighted by molar-refractivity contribution is -0.138. The van der Waals surface area contributed by atoms with E-state index in [2.05, 4.69) is 16.4 Å². The van der Waals surface area contributed by atoms with Crippen molar-refractivity contribution in [3.63, 3.8) is 0 Å². The molecule has 0 aromatic carbocycles. The summed E-state index contributed by atoms with van der Waals surface area (Å²) in [7, 11) is 0. The molecule has 0 spiro atoms. The minimum absolute atomic E-state index is 0.137. The van der Waals surface area contributed by atoms with E-state index in [1.54, 1.807) is 4.90 Å². The number of nitrogens with one attached hydrogen (secondary N) is 1. The van der Waals surface area contributed by atoms with Crippen LogP contribution in [-0.4, -0.2) is 53.1 Å². The number of unbranched alkanes of at least 4 members (excludes halogenated alkanes) is 1. The van der Waals surface area contributed by atoms with Gasteiger partial charge in [0, 0.05) is 31.1 Å². The molecule has 0 saturated carbocycles. The lowest BCUT2D eigenvalue weighted by Crippen LogP contribution is -2.33.